The molecular weight excluding hydrogens is 296 g/mol. The number of carboxylic acids is 1. The Labute approximate surface area is 123 Å². The minimum Gasteiger partial charge on any atom is -0.481 e. The van der Waals surface area contributed by atoms with Gasteiger partial charge < -0.3 is 5.11 Å². The summed E-state index contributed by atoms with van der Waals surface area (Å²) in [7, 11) is -1.83. The van der Waals surface area contributed by atoms with E-state index in [0.29, 0.717) is 25.8 Å². The fourth-order valence-electron chi connectivity index (χ4n) is 2.36. The van der Waals surface area contributed by atoms with Crippen molar-refractivity contribution in [2.24, 2.45) is 13.0 Å². The van der Waals surface area contributed by atoms with Gasteiger partial charge >= 0.3 is 5.97 Å². The van der Waals surface area contributed by atoms with Gasteiger partial charge in [-0.15, -0.1) is 0 Å². The van der Waals surface area contributed by atoms with Crippen LogP contribution in [0.15, 0.2) is 12.3 Å². The molecule has 1 aromatic rings. The number of nitrogens with zero attached hydrogens (tertiary/aromatic N) is 3. The van der Waals surface area contributed by atoms with Crippen LogP contribution in [0.4, 0.5) is 0 Å². The van der Waals surface area contributed by atoms with E-state index in [4.69, 9.17) is 5.11 Å². The second kappa shape index (κ2) is 6.54. The summed E-state index contributed by atoms with van der Waals surface area (Å²) < 4.78 is 29.7. The monoisotopic (exact) mass is 316 g/mol. The molecule has 8 nitrogen and oxygen atoms in total. The van der Waals surface area contributed by atoms with Gasteiger partial charge in [0.25, 0.3) is 10.2 Å². The van der Waals surface area contributed by atoms with Gasteiger partial charge in [-0.3, -0.25) is 9.48 Å². The summed E-state index contributed by atoms with van der Waals surface area (Å²) in [5, 5.41) is 13.2. The summed E-state index contributed by atoms with van der Waals surface area (Å²) in [5.41, 5.74) is 0.808. The number of carbonyl (C=O) groups is 1. The predicted molar refractivity (Wildman–Crippen MR) is 75.8 cm³/mol. The smallest absolute Gasteiger partial charge is 0.307 e. The molecule has 0 bridgehead atoms. The van der Waals surface area contributed by atoms with Crippen molar-refractivity contribution in [3.05, 3.63) is 18.0 Å². The van der Waals surface area contributed by atoms with Crippen LogP contribution in [0.1, 0.15) is 18.5 Å². The Bertz CT molecular complexity index is 598. The Kier molecular flexibility index (Phi) is 4.96. The topological polar surface area (TPSA) is 105 Å². The molecule has 2 rings (SSSR count). The zero-order valence-electron chi connectivity index (χ0n) is 11.9. The van der Waals surface area contributed by atoms with Crippen molar-refractivity contribution < 1.29 is 18.3 Å². The van der Waals surface area contributed by atoms with Crippen LogP contribution in [0.2, 0.25) is 0 Å². The molecule has 21 heavy (non-hydrogen) atoms. The third-order valence-electron chi connectivity index (χ3n) is 3.51. The van der Waals surface area contributed by atoms with Crippen LogP contribution in [0.25, 0.3) is 0 Å². The molecule has 1 unspecified atom stereocenters. The second-order valence-corrected chi connectivity index (χ2v) is 6.92. The summed E-state index contributed by atoms with van der Waals surface area (Å²) in [6.45, 7) is 0.643. The number of aromatic nitrogens is 2. The van der Waals surface area contributed by atoms with E-state index in [1.165, 1.54) is 4.31 Å². The number of hydrogen-bond acceptors (Lipinski definition) is 4. The average Bonchev–Trinajstić information content (AvgIpc) is 2.84. The first kappa shape index (κ1) is 15.9. The first-order valence-corrected chi connectivity index (χ1v) is 8.28. The average molecular weight is 316 g/mol. The van der Waals surface area contributed by atoms with E-state index in [-0.39, 0.29) is 13.1 Å². The fourth-order valence-corrected chi connectivity index (χ4v) is 3.65. The molecule has 1 fully saturated rings. The lowest BCUT2D eigenvalue weighted by Crippen LogP contribution is -2.47. The number of carboxylic acid groups (broad SMARTS) is 1. The molecule has 1 aliphatic heterocycles. The molecule has 0 amide bonds. The third kappa shape index (κ3) is 4.26. The van der Waals surface area contributed by atoms with E-state index in [9.17, 15) is 13.2 Å². The van der Waals surface area contributed by atoms with Crippen molar-refractivity contribution in [2.45, 2.75) is 19.3 Å². The highest BCUT2D eigenvalue weighted by Gasteiger charge is 2.31. The quantitative estimate of drug-likeness (QED) is 0.742. The molecule has 0 aliphatic carbocycles. The molecule has 0 aromatic carbocycles. The number of aryl methyl sites for hydroxylation is 1. The first-order valence-electron chi connectivity index (χ1n) is 6.84. The Morgan fingerprint density at radius 2 is 2.33 bits per heavy atom. The van der Waals surface area contributed by atoms with Crippen LogP contribution in [-0.4, -0.2) is 53.2 Å². The first-order chi connectivity index (χ1) is 9.88. The number of rotatable bonds is 6. The van der Waals surface area contributed by atoms with E-state index in [1.807, 2.05) is 6.07 Å². The maximum absolute atomic E-state index is 12.1. The van der Waals surface area contributed by atoms with E-state index in [0.717, 1.165) is 5.69 Å². The van der Waals surface area contributed by atoms with Crippen LogP contribution in [0.5, 0.6) is 0 Å². The van der Waals surface area contributed by atoms with Gasteiger partial charge in [0.2, 0.25) is 0 Å². The number of piperidine rings is 1. The molecule has 1 atom stereocenters. The van der Waals surface area contributed by atoms with Crippen molar-refractivity contribution in [3.63, 3.8) is 0 Å². The largest absolute Gasteiger partial charge is 0.481 e. The van der Waals surface area contributed by atoms with Crippen LogP contribution >= 0.6 is 0 Å². The molecule has 1 aromatic heterocycles. The Morgan fingerprint density at radius 3 is 2.95 bits per heavy atom. The molecule has 0 spiro atoms. The lowest BCUT2D eigenvalue weighted by molar-refractivity contribution is -0.142. The maximum atomic E-state index is 12.1. The zero-order valence-corrected chi connectivity index (χ0v) is 12.7. The summed E-state index contributed by atoms with van der Waals surface area (Å²) >= 11 is 0. The Hall–Kier alpha value is -1.45. The van der Waals surface area contributed by atoms with E-state index >= 15 is 0 Å². The summed E-state index contributed by atoms with van der Waals surface area (Å²) in [5.74, 6) is -1.56. The molecule has 0 saturated carbocycles. The highest BCUT2D eigenvalue weighted by Crippen LogP contribution is 2.18. The molecule has 9 heteroatoms. The molecule has 2 N–H and O–H groups in total. The van der Waals surface area contributed by atoms with Crippen molar-refractivity contribution in [2.75, 3.05) is 19.6 Å². The number of hydrogen-bond donors (Lipinski definition) is 2. The molecule has 118 valence electrons. The SMILES string of the molecule is Cn1ccc(CCNS(=O)(=O)N2CCCC(C(=O)O)C2)n1. The van der Waals surface area contributed by atoms with Gasteiger partial charge in [0.1, 0.15) is 0 Å². The van der Waals surface area contributed by atoms with Gasteiger partial charge in [-0.05, 0) is 18.9 Å². The molecule has 1 aliphatic rings. The lowest BCUT2D eigenvalue weighted by Gasteiger charge is -2.29. The van der Waals surface area contributed by atoms with Crippen molar-refractivity contribution in [3.8, 4) is 0 Å². The summed E-state index contributed by atoms with van der Waals surface area (Å²) in [6, 6.07) is 1.83. The highest BCUT2D eigenvalue weighted by atomic mass is 32.2. The van der Waals surface area contributed by atoms with Crippen molar-refractivity contribution in [1.29, 1.82) is 0 Å². The number of nitrogens with one attached hydrogen (secondary N) is 1. The van der Waals surface area contributed by atoms with Crippen molar-refractivity contribution >= 4 is 16.2 Å². The fraction of sp³-hybridized carbons (Fsp3) is 0.667. The van der Waals surface area contributed by atoms with Gasteiger partial charge in [0, 0.05) is 39.3 Å². The van der Waals surface area contributed by atoms with Gasteiger partial charge in [0.05, 0.1) is 11.6 Å². The van der Waals surface area contributed by atoms with Gasteiger partial charge in [-0.1, -0.05) is 0 Å². The zero-order chi connectivity index (χ0) is 15.5. The van der Waals surface area contributed by atoms with E-state index in [1.54, 1.807) is 17.9 Å². The predicted octanol–water partition coefficient (Wildman–Crippen LogP) is -0.406. The molecule has 1 saturated heterocycles. The van der Waals surface area contributed by atoms with Gasteiger partial charge in [-0.25, -0.2) is 4.72 Å². The Morgan fingerprint density at radius 1 is 1.57 bits per heavy atom. The van der Waals surface area contributed by atoms with E-state index in [2.05, 4.69) is 9.82 Å². The molecule has 2 heterocycles. The van der Waals surface area contributed by atoms with Crippen LogP contribution in [-0.2, 0) is 28.5 Å². The van der Waals surface area contributed by atoms with Crippen LogP contribution in [0, 0.1) is 5.92 Å². The van der Waals surface area contributed by atoms with Crippen LogP contribution < -0.4 is 4.72 Å². The minimum atomic E-state index is -3.63. The molecule has 0 radical (unpaired) electrons. The van der Waals surface area contributed by atoms with Crippen LogP contribution in [0.3, 0.4) is 0 Å². The molecular formula is C12H20N4O4S. The standard InChI is InChI=1S/C12H20N4O4S/c1-15-8-5-11(14-15)4-6-13-21(19,20)16-7-2-3-10(9-16)12(17)18/h5,8,10,13H,2-4,6-7,9H2,1H3,(H,17,18). The Balaban J connectivity index is 1.87. The summed E-state index contributed by atoms with van der Waals surface area (Å²) in [6.07, 6.45) is 3.38. The van der Waals surface area contributed by atoms with Gasteiger partial charge in [0.15, 0.2) is 0 Å². The minimum absolute atomic E-state index is 0.0360. The summed E-state index contributed by atoms with van der Waals surface area (Å²) in [4.78, 5) is 11.0. The third-order valence-corrected chi connectivity index (χ3v) is 5.09. The second-order valence-electron chi connectivity index (χ2n) is 5.17. The normalized spacial score (nSPS) is 20.5. The lowest BCUT2D eigenvalue weighted by atomic mass is 10.0. The van der Waals surface area contributed by atoms with Crippen molar-refractivity contribution in [1.82, 2.24) is 18.8 Å². The van der Waals surface area contributed by atoms with E-state index < -0.39 is 22.1 Å². The maximum Gasteiger partial charge on any atom is 0.307 e. The number of aliphatic carboxylic acids is 1. The highest BCUT2D eigenvalue weighted by molar-refractivity contribution is 7.87. The van der Waals surface area contributed by atoms with Gasteiger partial charge in [-0.2, -0.15) is 17.8 Å².